The van der Waals surface area contributed by atoms with Crippen LogP contribution in [0.1, 0.15) is 39.5 Å². The van der Waals surface area contributed by atoms with Crippen LogP contribution >= 0.6 is 0 Å². The van der Waals surface area contributed by atoms with Crippen LogP contribution in [-0.4, -0.2) is 43.3 Å². The second-order valence-corrected chi connectivity index (χ2v) is 6.36. The SMILES string of the molecule is CC(C)C1CC(CN)(N(C)CC2CC2)CCO1. The minimum absolute atomic E-state index is 0.190. The maximum absolute atomic E-state index is 6.10. The van der Waals surface area contributed by atoms with Gasteiger partial charge in [-0.1, -0.05) is 13.8 Å². The van der Waals surface area contributed by atoms with Crippen LogP contribution in [0.3, 0.4) is 0 Å². The fourth-order valence-electron chi connectivity index (χ4n) is 2.93. The third-order valence-electron chi connectivity index (χ3n) is 4.64. The first-order valence-corrected chi connectivity index (χ1v) is 7.10. The van der Waals surface area contributed by atoms with Gasteiger partial charge in [0.1, 0.15) is 0 Å². The third kappa shape index (κ3) is 3.01. The van der Waals surface area contributed by atoms with Gasteiger partial charge in [-0.2, -0.15) is 0 Å². The number of nitrogens with zero attached hydrogens (tertiary/aromatic N) is 1. The van der Waals surface area contributed by atoms with Gasteiger partial charge in [-0.05, 0) is 44.6 Å². The van der Waals surface area contributed by atoms with Crippen molar-refractivity contribution in [1.82, 2.24) is 4.90 Å². The summed E-state index contributed by atoms with van der Waals surface area (Å²) in [5, 5.41) is 0. The Balaban J connectivity index is 2.00. The van der Waals surface area contributed by atoms with Crippen LogP contribution in [0, 0.1) is 11.8 Å². The molecule has 1 aliphatic heterocycles. The lowest BCUT2D eigenvalue weighted by molar-refractivity contribution is -0.0822. The monoisotopic (exact) mass is 240 g/mol. The minimum Gasteiger partial charge on any atom is -0.378 e. The molecule has 3 nitrogen and oxygen atoms in total. The summed E-state index contributed by atoms with van der Waals surface area (Å²) < 4.78 is 5.89. The summed E-state index contributed by atoms with van der Waals surface area (Å²) in [6.07, 6.45) is 5.40. The van der Waals surface area contributed by atoms with Crippen LogP contribution in [0.2, 0.25) is 0 Å². The van der Waals surface area contributed by atoms with E-state index in [1.165, 1.54) is 19.4 Å². The molecule has 1 saturated carbocycles. The van der Waals surface area contributed by atoms with Crippen molar-refractivity contribution in [1.29, 1.82) is 0 Å². The quantitative estimate of drug-likeness (QED) is 0.797. The lowest BCUT2D eigenvalue weighted by Crippen LogP contribution is -2.58. The van der Waals surface area contributed by atoms with Crippen molar-refractivity contribution in [3.05, 3.63) is 0 Å². The zero-order chi connectivity index (χ0) is 12.5. The number of hydrogen-bond donors (Lipinski definition) is 1. The smallest absolute Gasteiger partial charge is 0.0616 e. The standard InChI is InChI=1S/C14H28N2O/c1-11(2)13-8-14(10-15,6-7-17-13)16(3)9-12-4-5-12/h11-13H,4-10,15H2,1-3H3. The molecule has 0 spiro atoms. The van der Waals surface area contributed by atoms with Gasteiger partial charge in [0.25, 0.3) is 0 Å². The van der Waals surface area contributed by atoms with Crippen molar-refractivity contribution >= 4 is 0 Å². The first-order chi connectivity index (χ1) is 8.07. The zero-order valence-electron chi connectivity index (χ0n) is 11.6. The van der Waals surface area contributed by atoms with Crippen molar-refractivity contribution in [2.24, 2.45) is 17.6 Å². The van der Waals surface area contributed by atoms with Crippen molar-refractivity contribution in [2.45, 2.75) is 51.2 Å². The first-order valence-electron chi connectivity index (χ1n) is 7.10. The highest BCUT2D eigenvalue weighted by atomic mass is 16.5. The second-order valence-electron chi connectivity index (χ2n) is 6.36. The van der Waals surface area contributed by atoms with Crippen LogP contribution in [-0.2, 0) is 4.74 Å². The van der Waals surface area contributed by atoms with Crippen LogP contribution in [0.25, 0.3) is 0 Å². The van der Waals surface area contributed by atoms with Crippen LogP contribution < -0.4 is 5.73 Å². The average Bonchev–Trinajstić information content (AvgIpc) is 3.12. The molecule has 2 rings (SSSR count). The number of hydrogen-bond acceptors (Lipinski definition) is 3. The molecule has 2 N–H and O–H groups in total. The maximum atomic E-state index is 6.10. The molecule has 0 aromatic rings. The molecule has 0 aromatic heterocycles. The highest BCUT2D eigenvalue weighted by Crippen LogP contribution is 2.36. The van der Waals surface area contributed by atoms with Crippen molar-refractivity contribution in [2.75, 3.05) is 26.7 Å². The van der Waals surface area contributed by atoms with E-state index in [9.17, 15) is 0 Å². The Labute approximate surface area is 106 Å². The van der Waals surface area contributed by atoms with Gasteiger partial charge in [-0.25, -0.2) is 0 Å². The van der Waals surface area contributed by atoms with Crippen molar-refractivity contribution < 1.29 is 4.74 Å². The molecule has 100 valence electrons. The molecule has 3 heteroatoms. The lowest BCUT2D eigenvalue weighted by Gasteiger charge is -2.47. The first kappa shape index (κ1) is 13.3. The van der Waals surface area contributed by atoms with E-state index in [4.69, 9.17) is 10.5 Å². The van der Waals surface area contributed by atoms with E-state index in [-0.39, 0.29) is 5.54 Å². The number of likely N-dealkylation sites (N-methyl/N-ethyl adjacent to an activating group) is 1. The topological polar surface area (TPSA) is 38.5 Å². The predicted octanol–water partition coefficient (Wildman–Crippen LogP) is 1.86. The average molecular weight is 240 g/mol. The van der Waals surface area contributed by atoms with E-state index < -0.39 is 0 Å². The fraction of sp³-hybridized carbons (Fsp3) is 1.00. The molecule has 2 unspecified atom stereocenters. The summed E-state index contributed by atoms with van der Waals surface area (Å²) in [6, 6.07) is 0. The summed E-state index contributed by atoms with van der Waals surface area (Å²) in [5.74, 6) is 1.53. The van der Waals surface area contributed by atoms with E-state index in [1.54, 1.807) is 0 Å². The van der Waals surface area contributed by atoms with Crippen molar-refractivity contribution in [3.63, 3.8) is 0 Å². The van der Waals surface area contributed by atoms with Crippen molar-refractivity contribution in [3.8, 4) is 0 Å². The second kappa shape index (κ2) is 5.25. The van der Waals surface area contributed by atoms with Crippen LogP contribution in [0.5, 0.6) is 0 Å². The Kier molecular flexibility index (Phi) is 4.11. The highest BCUT2D eigenvalue weighted by Gasteiger charge is 2.41. The Morgan fingerprint density at radius 2 is 2.12 bits per heavy atom. The van der Waals surface area contributed by atoms with Gasteiger partial charge in [0, 0.05) is 25.2 Å². The minimum atomic E-state index is 0.190. The third-order valence-corrected chi connectivity index (χ3v) is 4.64. The molecule has 17 heavy (non-hydrogen) atoms. The highest BCUT2D eigenvalue weighted by molar-refractivity contribution is 4.97. The zero-order valence-corrected chi connectivity index (χ0v) is 11.6. The van der Waals surface area contributed by atoms with Gasteiger partial charge in [0.2, 0.25) is 0 Å². The molecular formula is C14H28N2O. The normalized spacial score (nSPS) is 34.6. The molecule has 1 saturated heterocycles. The Morgan fingerprint density at radius 1 is 1.41 bits per heavy atom. The summed E-state index contributed by atoms with van der Waals surface area (Å²) in [5.41, 5.74) is 6.29. The van der Waals surface area contributed by atoms with E-state index in [2.05, 4.69) is 25.8 Å². The molecule has 2 atom stereocenters. The molecule has 2 aliphatic rings. The van der Waals surface area contributed by atoms with E-state index >= 15 is 0 Å². The largest absolute Gasteiger partial charge is 0.378 e. The van der Waals surface area contributed by atoms with Gasteiger partial charge in [0.05, 0.1) is 6.10 Å². The fourth-order valence-corrected chi connectivity index (χ4v) is 2.93. The summed E-state index contributed by atoms with van der Waals surface area (Å²) in [4.78, 5) is 2.53. The Bertz CT molecular complexity index is 253. The van der Waals surface area contributed by atoms with E-state index in [0.29, 0.717) is 12.0 Å². The summed E-state index contributed by atoms with van der Waals surface area (Å²) in [6.45, 7) is 7.36. The van der Waals surface area contributed by atoms with Gasteiger partial charge in [0.15, 0.2) is 0 Å². The molecule has 0 aromatic carbocycles. The van der Waals surface area contributed by atoms with Gasteiger partial charge >= 0.3 is 0 Å². The van der Waals surface area contributed by atoms with Gasteiger partial charge in [-0.3, -0.25) is 4.90 Å². The van der Waals surface area contributed by atoms with E-state index in [1.807, 2.05) is 0 Å². The van der Waals surface area contributed by atoms with E-state index in [0.717, 1.165) is 31.9 Å². The Morgan fingerprint density at radius 3 is 2.65 bits per heavy atom. The van der Waals surface area contributed by atoms with Gasteiger partial charge < -0.3 is 10.5 Å². The molecule has 0 radical (unpaired) electrons. The number of rotatable bonds is 5. The number of ether oxygens (including phenoxy) is 1. The summed E-state index contributed by atoms with van der Waals surface area (Å²) >= 11 is 0. The van der Waals surface area contributed by atoms with Crippen LogP contribution in [0.15, 0.2) is 0 Å². The lowest BCUT2D eigenvalue weighted by atomic mass is 9.82. The molecule has 1 heterocycles. The van der Waals surface area contributed by atoms with Gasteiger partial charge in [-0.15, -0.1) is 0 Å². The molecule has 2 fully saturated rings. The molecule has 1 aliphatic carbocycles. The maximum Gasteiger partial charge on any atom is 0.0616 e. The molecular weight excluding hydrogens is 212 g/mol. The Hall–Kier alpha value is -0.120. The molecule has 0 amide bonds. The molecule has 0 bridgehead atoms. The summed E-state index contributed by atoms with van der Waals surface area (Å²) in [7, 11) is 2.26. The van der Waals surface area contributed by atoms with Crippen LogP contribution in [0.4, 0.5) is 0 Å². The predicted molar refractivity (Wildman–Crippen MR) is 71.0 cm³/mol. The number of nitrogens with two attached hydrogens (primary N) is 1.